The van der Waals surface area contributed by atoms with Gasteiger partial charge in [-0.3, -0.25) is 4.68 Å². The van der Waals surface area contributed by atoms with Crippen LogP contribution in [-0.4, -0.2) is 9.78 Å². The van der Waals surface area contributed by atoms with Gasteiger partial charge in [-0.2, -0.15) is 10.4 Å². The third-order valence-corrected chi connectivity index (χ3v) is 2.38. The molecule has 0 aliphatic heterocycles. The fraction of sp³-hybridized carbons (Fsp3) is 0.0909. The molecule has 16 heavy (non-hydrogen) atoms. The molecule has 1 heterocycles. The van der Waals surface area contributed by atoms with Crippen LogP contribution in [0.5, 0.6) is 0 Å². The van der Waals surface area contributed by atoms with Gasteiger partial charge < -0.3 is 5.73 Å². The SMILES string of the molecule is N#Cc1cn(Cc2cccc(Cl)c2)nc1N. The number of nitrogens with two attached hydrogens (primary N) is 1. The Balaban J connectivity index is 2.24. The van der Waals surface area contributed by atoms with Gasteiger partial charge in [0.25, 0.3) is 0 Å². The molecule has 2 rings (SSSR count). The van der Waals surface area contributed by atoms with Crippen molar-refractivity contribution in [2.75, 3.05) is 5.73 Å². The fourth-order valence-corrected chi connectivity index (χ4v) is 1.64. The maximum atomic E-state index is 8.74. The number of nitrogen functional groups attached to an aromatic ring is 1. The molecule has 0 saturated heterocycles. The molecule has 1 aromatic heterocycles. The van der Waals surface area contributed by atoms with E-state index >= 15 is 0 Å². The molecule has 0 aliphatic carbocycles. The summed E-state index contributed by atoms with van der Waals surface area (Å²) < 4.78 is 1.62. The van der Waals surface area contributed by atoms with Gasteiger partial charge in [-0.1, -0.05) is 23.7 Å². The van der Waals surface area contributed by atoms with Crippen LogP contribution in [0.15, 0.2) is 30.5 Å². The van der Waals surface area contributed by atoms with Crippen LogP contribution >= 0.6 is 11.6 Å². The second-order valence-corrected chi connectivity index (χ2v) is 3.80. The first-order valence-corrected chi connectivity index (χ1v) is 5.04. The molecule has 0 saturated carbocycles. The number of hydrogen-bond acceptors (Lipinski definition) is 3. The highest BCUT2D eigenvalue weighted by Gasteiger charge is 2.04. The Morgan fingerprint density at radius 3 is 2.94 bits per heavy atom. The van der Waals surface area contributed by atoms with Crippen molar-refractivity contribution in [2.45, 2.75) is 6.54 Å². The molecule has 0 amide bonds. The summed E-state index contributed by atoms with van der Waals surface area (Å²) in [5, 5.41) is 13.5. The summed E-state index contributed by atoms with van der Waals surface area (Å²) in [7, 11) is 0. The third-order valence-electron chi connectivity index (χ3n) is 2.14. The van der Waals surface area contributed by atoms with Crippen molar-refractivity contribution >= 4 is 17.4 Å². The predicted molar refractivity (Wildman–Crippen MR) is 61.9 cm³/mol. The van der Waals surface area contributed by atoms with Crippen molar-refractivity contribution in [3.05, 3.63) is 46.6 Å². The highest BCUT2D eigenvalue weighted by Crippen LogP contribution is 2.13. The lowest BCUT2D eigenvalue weighted by Crippen LogP contribution is -2.00. The van der Waals surface area contributed by atoms with E-state index in [-0.39, 0.29) is 5.82 Å². The lowest BCUT2D eigenvalue weighted by atomic mass is 10.2. The molecule has 2 aromatic rings. The van der Waals surface area contributed by atoms with Crippen LogP contribution in [0.3, 0.4) is 0 Å². The fourth-order valence-electron chi connectivity index (χ4n) is 1.43. The molecule has 80 valence electrons. The van der Waals surface area contributed by atoms with Gasteiger partial charge in [0, 0.05) is 11.2 Å². The minimum atomic E-state index is 0.254. The van der Waals surface area contributed by atoms with E-state index in [1.54, 1.807) is 10.9 Å². The average Bonchev–Trinajstić information content (AvgIpc) is 2.58. The largest absolute Gasteiger partial charge is 0.381 e. The molecular weight excluding hydrogens is 224 g/mol. The number of hydrogen-bond donors (Lipinski definition) is 1. The number of nitriles is 1. The van der Waals surface area contributed by atoms with Gasteiger partial charge in [0.1, 0.15) is 11.6 Å². The van der Waals surface area contributed by atoms with Gasteiger partial charge in [-0.15, -0.1) is 0 Å². The van der Waals surface area contributed by atoms with Crippen LogP contribution < -0.4 is 5.73 Å². The molecule has 0 atom stereocenters. The first kappa shape index (κ1) is 10.5. The molecule has 2 N–H and O–H groups in total. The summed E-state index contributed by atoms with van der Waals surface area (Å²) in [5.41, 5.74) is 6.96. The predicted octanol–water partition coefficient (Wildman–Crippen LogP) is 2.04. The monoisotopic (exact) mass is 232 g/mol. The van der Waals surface area contributed by atoms with Crippen LogP contribution in [0.4, 0.5) is 5.82 Å². The topological polar surface area (TPSA) is 67.6 Å². The molecule has 1 aromatic carbocycles. The Bertz CT molecular complexity index is 553. The average molecular weight is 233 g/mol. The van der Waals surface area contributed by atoms with Crippen LogP contribution in [0.1, 0.15) is 11.1 Å². The molecule has 0 unspecified atom stereocenters. The molecule has 0 bridgehead atoms. The first-order chi connectivity index (χ1) is 7.69. The number of rotatable bonds is 2. The number of benzene rings is 1. The van der Waals surface area contributed by atoms with Gasteiger partial charge in [0.15, 0.2) is 5.82 Å². The van der Waals surface area contributed by atoms with E-state index in [0.29, 0.717) is 17.1 Å². The van der Waals surface area contributed by atoms with Gasteiger partial charge >= 0.3 is 0 Å². The Labute approximate surface area is 97.9 Å². The van der Waals surface area contributed by atoms with Crippen LogP contribution in [0.25, 0.3) is 0 Å². The highest BCUT2D eigenvalue weighted by atomic mass is 35.5. The molecule has 0 fully saturated rings. The summed E-state index contributed by atoms with van der Waals surface area (Å²) in [5.74, 6) is 0.254. The summed E-state index contributed by atoms with van der Waals surface area (Å²) in [4.78, 5) is 0. The molecule has 0 radical (unpaired) electrons. The molecule has 0 spiro atoms. The van der Waals surface area contributed by atoms with Crippen LogP contribution in [-0.2, 0) is 6.54 Å². The standard InChI is InChI=1S/C11H9ClN4/c12-10-3-1-2-8(4-10)6-16-7-9(5-13)11(14)15-16/h1-4,7H,6H2,(H2,14,15). The summed E-state index contributed by atoms with van der Waals surface area (Å²) in [6.45, 7) is 0.548. The van der Waals surface area contributed by atoms with Gasteiger partial charge in [-0.05, 0) is 17.7 Å². The smallest absolute Gasteiger partial charge is 0.163 e. The summed E-state index contributed by atoms with van der Waals surface area (Å²) in [6, 6.07) is 9.45. The van der Waals surface area contributed by atoms with Crippen molar-refractivity contribution in [1.82, 2.24) is 9.78 Å². The zero-order valence-electron chi connectivity index (χ0n) is 8.39. The quantitative estimate of drug-likeness (QED) is 0.862. The van der Waals surface area contributed by atoms with E-state index in [1.165, 1.54) is 0 Å². The Morgan fingerprint density at radius 1 is 1.50 bits per heavy atom. The minimum Gasteiger partial charge on any atom is -0.381 e. The number of anilines is 1. The number of aromatic nitrogens is 2. The van der Waals surface area contributed by atoms with E-state index in [0.717, 1.165) is 5.56 Å². The maximum Gasteiger partial charge on any atom is 0.163 e. The van der Waals surface area contributed by atoms with E-state index in [1.807, 2.05) is 30.3 Å². The van der Waals surface area contributed by atoms with Crippen molar-refractivity contribution in [3.8, 4) is 6.07 Å². The van der Waals surface area contributed by atoms with Crippen molar-refractivity contribution in [2.24, 2.45) is 0 Å². The van der Waals surface area contributed by atoms with Gasteiger partial charge in [0.05, 0.1) is 6.54 Å². The molecule has 4 nitrogen and oxygen atoms in total. The number of halogens is 1. The maximum absolute atomic E-state index is 8.74. The minimum absolute atomic E-state index is 0.254. The van der Waals surface area contributed by atoms with Crippen LogP contribution in [0, 0.1) is 11.3 Å². The van der Waals surface area contributed by atoms with Gasteiger partial charge in [0.2, 0.25) is 0 Å². The second-order valence-electron chi connectivity index (χ2n) is 3.37. The van der Waals surface area contributed by atoms with Crippen LogP contribution in [0.2, 0.25) is 5.02 Å². The van der Waals surface area contributed by atoms with Crippen molar-refractivity contribution in [1.29, 1.82) is 5.26 Å². The third kappa shape index (κ3) is 2.15. The van der Waals surface area contributed by atoms with E-state index in [9.17, 15) is 0 Å². The molecule has 0 aliphatic rings. The second kappa shape index (κ2) is 4.25. The van der Waals surface area contributed by atoms with Gasteiger partial charge in [-0.25, -0.2) is 0 Å². The Morgan fingerprint density at radius 2 is 2.31 bits per heavy atom. The summed E-state index contributed by atoms with van der Waals surface area (Å²) >= 11 is 5.87. The van der Waals surface area contributed by atoms with Crippen molar-refractivity contribution < 1.29 is 0 Å². The molecular formula is C11H9ClN4. The molecule has 5 heteroatoms. The van der Waals surface area contributed by atoms with E-state index in [2.05, 4.69) is 5.10 Å². The Kier molecular flexibility index (Phi) is 2.80. The Hall–Kier alpha value is -1.99. The first-order valence-electron chi connectivity index (χ1n) is 4.66. The normalized spacial score (nSPS) is 10.0. The zero-order chi connectivity index (χ0) is 11.5. The highest BCUT2D eigenvalue weighted by molar-refractivity contribution is 6.30. The summed E-state index contributed by atoms with van der Waals surface area (Å²) in [6.07, 6.45) is 1.62. The lowest BCUT2D eigenvalue weighted by Gasteiger charge is -2.01. The van der Waals surface area contributed by atoms with E-state index < -0.39 is 0 Å². The van der Waals surface area contributed by atoms with E-state index in [4.69, 9.17) is 22.6 Å². The lowest BCUT2D eigenvalue weighted by molar-refractivity contribution is 0.690. The van der Waals surface area contributed by atoms with Crippen molar-refractivity contribution in [3.63, 3.8) is 0 Å². The number of nitrogens with zero attached hydrogens (tertiary/aromatic N) is 3. The zero-order valence-corrected chi connectivity index (χ0v) is 9.15.